The van der Waals surface area contributed by atoms with Gasteiger partial charge in [-0.25, -0.2) is 4.68 Å². The van der Waals surface area contributed by atoms with E-state index >= 15 is 0 Å². The molecule has 2 aromatic carbocycles. The zero-order chi connectivity index (χ0) is 22.7. The SMILES string of the molecule is c1ccc(Nc2nc(-c3cccc4c3cnn4C3CCCCO3)nc(N3CCOCC3)n2)cc1. The van der Waals surface area contributed by atoms with Gasteiger partial charge in [-0.2, -0.15) is 20.1 Å². The number of hydrogen-bond acceptors (Lipinski definition) is 8. The van der Waals surface area contributed by atoms with Crippen LogP contribution >= 0.6 is 0 Å². The van der Waals surface area contributed by atoms with E-state index in [2.05, 4.69) is 21.4 Å². The van der Waals surface area contributed by atoms with Crippen molar-refractivity contribution in [2.75, 3.05) is 43.1 Å². The Balaban J connectivity index is 1.42. The Morgan fingerprint density at radius 3 is 2.59 bits per heavy atom. The van der Waals surface area contributed by atoms with E-state index in [-0.39, 0.29) is 6.23 Å². The van der Waals surface area contributed by atoms with Crippen LogP contribution in [0.15, 0.2) is 54.7 Å². The second-order valence-corrected chi connectivity index (χ2v) is 8.52. The summed E-state index contributed by atoms with van der Waals surface area (Å²) in [5, 5.41) is 9.02. The predicted molar refractivity (Wildman–Crippen MR) is 130 cm³/mol. The average Bonchev–Trinajstić information content (AvgIpc) is 3.35. The van der Waals surface area contributed by atoms with Gasteiger partial charge in [-0.3, -0.25) is 0 Å². The molecule has 6 rings (SSSR count). The third kappa shape index (κ3) is 4.20. The van der Waals surface area contributed by atoms with Crippen molar-refractivity contribution in [3.63, 3.8) is 0 Å². The molecule has 0 aliphatic carbocycles. The lowest BCUT2D eigenvalue weighted by molar-refractivity contribution is -0.0366. The van der Waals surface area contributed by atoms with Gasteiger partial charge in [0.05, 0.1) is 24.9 Å². The standard InChI is InChI=1S/C25H27N7O2/c1-2-7-18(8-3-1)27-24-28-23(29-25(30-24)31-12-15-33-16-13-31)19-9-6-10-21-20(19)17-26-32(21)22-11-4-5-14-34-22/h1-3,6-10,17,22H,4-5,11-16H2,(H,27,28,29,30). The van der Waals surface area contributed by atoms with Crippen LogP contribution in [0, 0.1) is 0 Å². The molecule has 4 aromatic rings. The van der Waals surface area contributed by atoms with Gasteiger partial charge < -0.3 is 19.7 Å². The molecule has 0 saturated carbocycles. The summed E-state index contributed by atoms with van der Waals surface area (Å²) in [5.74, 6) is 1.77. The Morgan fingerprint density at radius 1 is 0.882 bits per heavy atom. The maximum Gasteiger partial charge on any atom is 0.232 e. The normalized spacial score (nSPS) is 18.8. The van der Waals surface area contributed by atoms with Gasteiger partial charge in [0.15, 0.2) is 12.1 Å². The number of rotatable bonds is 5. The molecule has 34 heavy (non-hydrogen) atoms. The molecule has 174 valence electrons. The number of morpholine rings is 1. The zero-order valence-corrected chi connectivity index (χ0v) is 18.9. The van der Waals surface area contributed by atoms with Crippen molar-refractivity contribution in [2.45, 2.75) is 25.5 Å². The molecular weight excluding hydrogens is 430 g/mol. The third-order valence-electron chi connectivity index (χ3n) is 6.26. The number of nitrogens with one attached hydrogen (secondary N) is 1. The van der Waals surface area contributed by atoms with Gasteiger partial charge in [-0.1, -0.05) is 30.3 Å². The van der Waals surface area contributed by atoms with Crippen LogP contribution in [0.2, 0.25) is 0 Å². The van der Waals surface area contributed by atoms with E-state index in [0.29, 0.717) is 30.9 Å². The number of ether oxygens (including phenoxy) is 2. The van der Waals surface area contributed by atoms with Crippen molar-refractivity contribution in [1.29, 1.82) is 0 Å². The van der Waals surface area contributed by atoms with Crippen molar-refractivity contribution < 1.29 is 9.47 Å². The molecule has 1 N–H and O–H groups in total. The van der Waals surface area contributed by atoms with Gasteiger partial charge in [0.25, 0.3) is 0 Å². The highest BCUT2D eigenvalue weighted by Gasteiger charge is 2.22. The molecule has 1 atom stereocenters. The summed E-state index contributed by atoms with van der Waals surface area (Å²) in [5.41, 5.74) is 2.87. The molecule has 0 amide bonds. The van der Waals surface area contributed by atoms with Crippen molar-refractivity contribution in [1.82, 2.24) is 24.7 Å². The Labute approximate surface area is 197 Å². The lowest BCUT2D eigenvalue weighted by Crippen LogP contribution is -2.37. The molecule has 1 unspecified atom stereocenters. The summed E-state index contributed by atoms with van der Waals surface area (Å²) >= 11 is 0. The van der Waals surface area contributed by atoms with Crippen LogP contribution in [0.5, 0.6) is 0 Å². The predicted octanol–water partition coefficient (Wildman–Crippen LogP) is 4.17. The van der Waals surface area contributed by atoms with Gasteiger partial charge >= 0.3 is 0 Å². The fourth-order valence-electron chi connectivity index (χ4n) is 4.51. The van der Waals surface area contributed by atoms with Crippen LogP contribution in [0.1, 0.15) is 25.5 Å². The molecule has 0 bridgehead atoms. The van der Waals surface area contributed by atoms with Crippen LogP contribution in [0.4, 0.5) is 17.6 Å². The van der Waals surface area contributed by atoms with E-state index in [4.69, 9.17) is 24.4 Å². The first-order chi connectivity index (χ1) is 16.8. The number of anilines is 3. The van der Waals surface area contributed by atoms with Gasteiger partial charge in [0.2, 0.25) is 11.9 Å². The molecule has 2 fully saturated rings. The van der Waals surface area contributed by atoms with Crippen molar-refractivity contribution in [3.8, 4) is 11.4 Å². The summed E-state index contributed by atoms with van der Waals surface area (Å²) in [6.45, 7) is 3.58. The van der Waals surface area contributed by atoms with Crippen LogP contribution in [-0.2, 0) is 9.47 Å². The van der Waals surface area contributed by atoms with E-state index in [1.165, 1.54) is 0 Å². The molecule has 2 aromatic heterocycles. The summed E-state index contributed by atoms with van der Waals surface area (Å²) in [4.78, 5) is 16.6. The number of fused-ring (bicyclic) bond motifs is 1. The number of nitrogens with zero attached hydrogens (tertiary/aromatic N) is 6. The molecule has 2 saturated heterocycles. The molecule has 2 aliphatic rings. The van der Waals surface area contributed by atoms with Gasteiger partial charge in [-0.15, -0.1) is 0 Å². The second kappa shape index (κ2) is 9.36. The summed E-state index contributed by atoms with van der Waals surface area (Å²) in [6.07, 6.45) is 5.09. The number of para-hydroxylation sites is 1. The van der Waals surface area contributed by atoms with Crippen molar-refractivity contribution in [2.24, 2.45) is 0 Å². The molecule has 2 aliphatic heterocycles. The van der Waals surface area contributed by atoms with Gasteiger partial charge in [-0.05, 0) is 37.5 Å². The highest BCUT2D eigenvalue weighted by Crippen LogP contribution is 2.32. The third-order valence-corrected chi connectivity index (χ3v) is 6.26. The van der Waals surface area contributed by atoms with Gasteiger partial charge in [0, 0.05) is 36.3 Å². The summed E-state index contributed by atoms with van der Waals surface area (Å²) in [6, 6.07) is 16.1. The maximum absolute atomic E-state index is 5.99. The van der Waals surface area contributed by atoms with E-state index in [1.807, 2.05) is 53.3 Å². The van der Waals surface area contributed by atoms with E-state index in [0.717, 1.165) is 61.1 Å². The van der Waals surface area contributed by atoms with E-state index in [9.17, 15) is 0 Å². The molecule has 0 radical (unpaired) electrons. The Kier molecular flexibility index (Phi) is 5.78. The van der Waals surface area contributed by atoms with E-state index < -0.39 is 0 Å². The molecule has 9 heteroatoms. The van der Waals surface area contributed by atoms with E-state index in [1.54, 1.807) is 0 Å². The largest absolute Gasteiger partial charge is 0.378 e. The monoisotopic (exact) mass is 457 g/mol. The number of aromatic nitrogens is 5. The van der Waals surface area contributed by atoms with Crippen LogP contribution < -0.4 is 10.2 Å². The lowest BCUT2D eigenvalue weighted by Gasteiger charge is -2.27. The van der Waals surface area contributed by atoms with Crippen molar-refractivity contribution in [3.05, 3.63) is 54.7 Å². The van der Waals surface area contributed by atoms with Crippen molar-refractivity contribution >= 4 is 28.5 Å². The number of benzene rings is 2. The van der Waals surface area contributed by atoms with Crippen LogP contribution in [0.3, 0.4) is 0 Å². The minimum Gasteiger partial charge on any atom is -0.378 e. The fraction of sp³-hybridized carbons (Fsp3) is 0.360. The van der Waals surface area contributed by atoms with Crippen LogP contribution in [-0.4, -0.2) is 57.6 Å². The average molecular weight is 458 g/mol. The van der Waals surface area contributed by atoms with Gasteiger partial charge in [0.1, 0.15) is 0 Å². The minimum absolute atomic E-state index is 0.0286. The topological polar surface area (TPSA) is 90.2 Å². The quantitative estimate of drug-likeness (QED) is 0.478. The fourth-order valence-corrected chi connectivity index (χ4v) is 4.51. The Morgan fingerprint density at radius 2 is 1.76 bits per heavy atom. The first-order valence-electron chi connectivity index (χ1n) is 11.8. The highest BCUT2D eigenvalue weighted by molar-refractivity contribution is 5.93. The molecule has 0 spiro atoms. The smallest absolute Gasteiger partial charge is 0.232 e. The molecular formula is C25H27N7O2. The van der Waals surface area contributed by atoms with Crippen LogP contribution in [0.25, 0.3) is 22.3 Å². The number of hydrogen-bond donors (Lipinski definition) is 1. The first-order valence-corrected chi connectivity index (χ1v) is 11.8. The first kappa shape index (κ1) is 21.0. The second-order valence-electron chi connectivity index (χ2n) is 8.52. The summed E-state index contributed by atoms with van der Waals surface area (Å²) in [7, 11) is 0. The molecule has 4 heterocycles. The Hall–Kier alpha value is -3.56. The Bertz CT molecular complexity index is 1270. The highest BCUT2D eigenvalue weighted by atomic mass is 16.5. The lowest BCUT2D eigenvalue weighted by atomic mass is 10.1. The summed E-state index contributed by atoms with van der Waals surface area (Å²) < 4.78 is 13.5. The maximum atomic E-state index is 5.99. The molecule has 9 nitrogen and oxygen atoms in total. The minimum atomic E-state index is -0.0286. The zero-order valence-electron chi connectivity index (χ0n) is 18.9.